The van der Waals surface area contributed by atoms with Crippen molar-refractivity contribution in [2.75, 3.05) is 36.4 Å². The first-order chi connectivity index (χ1) is 22.5. The number of aromatic nitrogens is 6. The highest BCUT2D eigenvalue weighted by Gasteiger charge is 2.31. The molecule has 5 N–H and O–H groups in total. The fourth-order valence-electron chi connectivity index (χ4n) is 6.24. The average Bonchev–Trinajstić information content (AvgIpc) is 3.76. The van der Waals surface area contributed by atoms with E-state index in [4.69, 9.17) is 10.7 Å². The molecule has 1 aliphatic carbocycles. The van der Waals surface area contributed by atoms with E-state index in [-0.39, 0.29) is 48.4 Å². The van der Waals surface area contributed by atoms with Crippen molar-refractivity contribution in [1.29, 1.82) is 0 Å². The van der Waals surface area contributed by atoms with Crippen molar-refractivity contribution in [1.82, 2.24) is 38.5 Å². The number of nitrogens with one attached hydrogen (secondary N) is 3. The molecule has 4 aromatic rings. The first kappa shape index (κ1) is 32.2. The quantitative estimate of drug-likeness (QED) is 0.177. The molecule has 0 aromatic carbocycles. The Balaban J connectivity index is 1.11. The van der Waals surface area contributed by atoms with E-state index in [1.165, 1.54) is 17.6 Å². The third kappa shape index (κ3) is 6.72. The summed E-state index contributed by atoms with van der Waals surface area (Å²) >= 11 is 0. The largest absolute Gasteiger partial charge is 0.368 e. The molecule has 1 aliphatic heterocycles. The normalized spacial score (nSPS) is 16.8. The minimum absolute atomic E-state index is 0.0272. The summed E-state index contributed by atoms with van der Waals surface area (Å²) in [6.45, 7) is 4.25. The van der Waals surface area contributed by atoms with Gasteiger partial charge in [-0.05, 0) is 44.4 Å². The molecular formula is C30H37N11O5S. The summed E-state index contributed by atoms with van der Waals surface area (Å²) in [4.78, 5) is 60.7. The summed E-state index contributed by atoms with van der Waals surface area (Å²) in [7, 11) is -4.07. The molecular weight excluding hydrogens is 626 g/mol. The van der Waals surface area contributed by atoms with Crippen LogP contribution in [0.4, 0.5) is 17.5 Å². The van der Waals surface area contributed by atoms with Crippen molar-refractivity contribution >= 4 is 50.4 Å². The first-order valence-corrected chi connectivity index (χ1v) is 16.9. The van der Waals surface area contributed by atoms with Gasteiger partial charge in [-0.25, -0.2) is 19.7 Å². The number of imidazole rings is 1. The zero-order valence-corrected chi connectivity index (χ0v) is 27.0. The van der Waals surface area contributed by atoms with Crippen molar-refractivity contribution in [3.63, 3.8) is 0 Å². The molecule has 2 fully saturated rings. The predicted octanol–water partition coefficient (Wildman–Crippen LogP) is 1.33. The van der Waals surface area contributed by atoms with Crippen molar-refractivity contribution in [2.24, 2.45) is 5.73 Å². The Bertz CT molecular complexity index is 1950. The molecule has 5 heterocycles. The Kier molecular flexibility index (Phi) is 9.03. The van der Waals surface area contributed by atoms with Gasteiger partial charge in [0.15, 0.2) is 5.78 Å². The number of anilines is 3. The Hall–Kier alpha value is -4.74. The highest BCUT2D eigenvalue weighted by atomic mass is 32.2. The zero-order valence-electron chi connectivity index (χ0n) is 26.1. The number of carbonyl (C=O) groups excluding carboxylic acids is 2. The monoisotopic (exact) mass is 663 g/mol. The summed E-state index contributed by atoms with van der Waals surface area (Å²) in [5.41, 5.74) is 8.16. The van der Waals surface area contributed by atoms with Gasteiger partial charge in [0.05, 0.1) is 35.5 Å². The van der Waals surface area contributed by atoms with Gasteiger partial charge in [-0.3, -0.25) is 19.0 Å². The second kappa shape index (κ2) is 13.2. The van der Waals surface area contributed by atoms with Gasteiger partial charge in [0.2, 0.25) is 5.95 Å². The molecule has 2 aliphatic rings. The van der Waals surface area contributed by atoms with Crippen LogP contribution in [0.25, 0.3) is 11.0 Å². The summed E-state index contributed by atoms with van der Waals surface area (Å²) in [6, 6.07) is 2.53. The van der Waals surface area contributed by atoms with Crippen LogP contribution in [0.1, 0.15) is 60.3 Å². The van der Waals surface area contributed by atoms with Gasteiger partial charge in [-0.1, -0.05) is 12.8 Å². The van der Waals surface area contributed by atoms with Crippen LogP contribution >= 0.6 is 0 Å². The van der Waals surface area contributed by atoms with Gasteiger partial charge in [0.25, 0.3) is 11.5 Å². The smallest absolute Gasteiger partial charge is 0.303 e. The number of aryl methyl sites for hydroxylation is 1. The van der Waals surface area contributed by atoms with Crippen molar-refractivity contribution < 1.29 is 18.0 Å². The van der Waals surface area contributed by atoms with Gasteiger partial charge in [0, 0.05) is 56.4 Å². The summed E-state index contributed by atoms with van der Waals surface area (Å²) in [6.07, 6.45) is 10.2. The van der Waals surface area contributed by atoms with E-state index in [2.05, 4.69) is 30.0 Å². The number of hydrogen-bond donors (Lipinski definition) is 4. The standard InChI is InChI=1S/C30H37N11O5S/c1-18-23-16-34-30(37-27(23)41(21-5-3-4-6-21)29(44)26(18)19(2)42)36-25-8-7-22(15-33-25)39-9-11-40(12-10-39)47(45,46)38-28(43)24(31)13-20-14-32-17-35-20/h7-8,14-17,21,24H,3-6,9-13,31H2,1-2H3,(H,32,35)(H,38,43)(H,33,34,36,37)/t24-/m0/s1. The number of aromatic amines is 1. The number of nitrogens with zero attached hydrogens (tertiary/aromatic N) is 7. The van der Waals surface area contributed by atoms with E-state index in [0.717, 1.165) is 31.4 Å². The van der Waals surface area contributed by atoms with Crippen molar-refractivity contribution in [2.45, 2.75) is 58.0 Å². The molecule has 6 rings (SSSR count). The molecule has 1 atom stereocenters. The predicted molar refractivity (Wildman–Crippen MR) is 175 cm³/mol. The van der Waals surface area contributed by atoms with E-state index in [1.54, 1.807) is 36.1 Å². The molecule has 4 aromatic heterocycles. The minimum atomic E-state index is -4.07. The number of ketones is 1. The van der Waals surface area contributed by atoms with Gasteiger partial charge >= 0.3 is 10.2 Å². The number of nitrogens with two attached hydrogens (primary N) is 1. The van der Waals surface area contributed by atoms with Crippen molar-refractivity contribution in [3.05, 3.63) is 64.2 Å². The Morgan fingerprint density at radius 2 is 1.83 bits per heavy atom. The van der Waals surface area contributed by atoms with Crippen LogP contribution in [0.3, 0.4) is 0 Å². The lowest BCUT2D eigenvalue weighted by molar-refractivity contribution is -0.120. The number of piperazine rings is 1. The zero-order chi connectivity index (χ0) is 33.3. The molecule has 1 amide bonds. The molecule has 0 bridgehead atoms. The number of Topliss-reactive ketones (excluding diaryl/α,β-unsaturated/α-hetero) is 1. The van der Waals surface area contributed by atoms with E-state index >= 15 is 0 Å². The second-order valence-electron chi connectivity index (χ2n) is 11.9. The third-order valence-corrected chi connectivity index (χ3v) is 10.2. The van der Waals surface area contributed by atoms with Gasteiger partial charge in [-0.15, -0.1) is 0 Å². The Morgan fingerprint density at radius 3 is 2.47 bits per heavy atom. The molecule has 47 heavy (non-hydrogen) atoms. The minimum Gasteiger partial charge on any atom is -0.368 e. The molecule has 17 heteroatoms. The SMILES string of the molecule is CC(=O)c1c(C)c2cnc(Nc3ccc(N4CCN(S(=O)(=O)NC(=O)[C@@H](N)Cc5c[nH]cn5)CC4)cn3)nc2n(C2CCCC2)c1=O. The number of rotatable bonds is 10. The maximum absolute atomic E-state index is 13.5. The summed E-state index contributed by atoms with van der Waals surface area (Å²) < 4.78 is 30.7. The Labute approximate surface area is 271 Å². The van der Waals surface area contributed by atoms with Crippen LogP contribution in [0.5, 0.6) is 0 Å². The summed E-state index contributed by atoms with van der Waals surface area (Å²) in [5, 5.41) is 3.77. The fraction of sp³-hybridized carbons (Fsp3) is 0.433. The fourth-order valence-corrected chi connectivity index (χ4v) is 7.42. The maximum Gasteiger partial charge on any atom is 0.303 e. The van der Waals surface area contributed by atoms with Gasteiger partial charge < -0.3 is 20.9 Å². The molecule has 248 valence electrons. The molecule has 0 unspecified atom stereocenters. The van der Waals surface area contributed by atoms with Crippen LogP contribution < -0.4 is 26.2 Å². The lowest BCUT2D eigenvalue weighted by Gasteiger charge is -2.35. The van der Waals surface area contributed by atoms with E-state index in [1.807, 2.05) is 11.0 Å². The van der Waals surface area contributed by atoms with Crippen LogP contribution in [0.15, 0.2) is 41.8 Å². The highest BCUT2D eigenvalue weighted by Crippen LogP contribution is 2.32. The number of pyridine rings is 2. The maximum atomic E-state index is 13.5. The van der Waals surface area contributed by atoms with E-state index in [0.29, 0.717) is 41.2 Å². The van der Waals surface area contributed by atoms with Crippen molar-refractivity contribution in [3.8, 4) is 0 Å². The number of H-pyrrole nitrogens is 1. The first-order valence-electron chi connectivity index (χ1n) is 15.5. The molecule has 0 spiro atoms. The van der Waals surface area contributed by atoms with E-state index in [9.17, 15) is 22.8 Å². The topological polar surface area (TPSA) is 214 Å². The number of amides is 1. The molecule has 1 saturated carbocycles. The average molecular weight is 664 g/mol. The second-order valence-corrected chi connectivity index (χ2v) is 13.5. The van der Waals surface area contributed by atoms with Gasteiger partial charge in [0.1, 0.15) is 11.5 Å². The van der Waals surface area contributed by atoms with Crippen LogP contribution in [0.2, 0.25) is 0 Å². The number of fused-ring (bicyclic) bond motifs is 1. The highest BCUT2D eigenvalue weighted by molar-refractivity contribution is 7.87. The van der Waals surface area contributed by atoms with Gasteiger partial charge in [-0.2, -0.15) is 17.7 Å². The Morgan fingerprint density at radius 1 is 1.09 bits per heavy atom. The summed E-state index contributed by atoms with van der Waals surface area (Å²) in [5.74, 6) is -0.320. The molecule has 1 saturated heterocycles. The number of hydrogen-bond acceptors (Lipinski definition) is 12. The lowest BCUT2D eigenvalue weighted by Crippen LogP contribution is -2.55. The lowest BCUT2D eigenvalue weighted by atomic mass is 10.0. The van der Waals surface area contributed by atoms with Crippen LogP contribution in [-0.2, 0) is 21.4 Å². The molecule has 0 radical (unpaired) electrons. The van der Waals surface area contributed by atoms with Crippen LogP contribution in [-0.4, -0.2) is 86.1 Å². The molecule has 16 nitrogen and oxygen atoms in total. The van der Waals surface area contributed by atoms with E-state index < -0.39 is 22.2 Å². The van der Waals surface area contributed by atoms with Crippen LogP contribution in [0, 0.1) is 6.92 Å². The number of carbonyl (C=O) groups is 2. The third-order valence-electron chi connectivity index (χ3n) is 8.73.